The Morgan fingerprint density at radius 3 is 2.54 bits per heavy atom. The molecule has 0 spiro atoms. The summed E-state index contributed by atoms with van der Waals surface area (Å²) in [6.07, 6.45) is 1.43. The van der Waals surface area contributed by atoms with Gasteiger partial charge in [-0.05, 0) is 36.8 Å². The number of aromatic nitrogens is 1. The quantitative estimate of drug-likeness (QED) is 0.614. The maximum atomic E-state index is 12.7. The van der Waals surface area contributed by atoms with E-state index in [1.807, 2.05) is 37.3 Å². The Morgan fingerprint density at radius 1 is 1.04 bits per heavy atom. The molecule has 1 heterocycles. The molecule has 0 fully saturated rings. The molecule has 3 aromatic rings. The van der Waals surface area contributed by atoms with Gasteiger partial charge in [0.25, 0.3) is 5.91 Å². The fraction of sp³-hybridized carbons (Fsp3) is 0.100. The van der Waals surface area contributed by atoms with Gasteiger partial charge in [-0.1, -0.05) is 59.6 Å². The predicted molar refractivity (Wildman–Crippen MR) is 103 cm³/mol. The summed E-state index contributed by atoms with van der Waals surface area (Å²) in [6.45, 7) is 1.91. The Morgan fingerprint density at radius 2 is 1.81 bits per heavy atom. The third-order valence-corrected chi connectivity index (χ3v) is 4.16. The van der Waals surface area contributed by atoms with Crippen molar-refractivity contribution in [1.82, 2.24) is 10.3 Å². The second kappa shape index (κ2) is 8.21. The first-order valence-electron chi connectivity index (χ1n) is 7.97. The number of rotatable bonds is 5. The van der Waals surface area contributed by atoms with Crippen LogP contribution < -0.4 is 10.1 Å². The number of nitrogens with one attached hydrogen (secondary N) is 1. The van der Waals surface area contributed by atoms with Crippen LogP contribution in [0.5, 0.6) is 11.6 Å². The average molecular weight is 387 g/mol. The van der Waals surface area contributed by atoms with Crippen LogP contribution in [0.1, 0.15) is 28.9 Å². The third kappa shape index (κ3) is 4.54. The number of benzene rings is 2. The van der Waals surface area contributed by atoms with Gasteiger partial charge in [-0.2, -0.15) is 0 Å². The second-order valence-corrected chi connectivity index (χ2v) is 6.54. The van der Waals surface area contributed by atoms with Crippen molar-refractivity contribution in [2.24, 2.45) is 0 Å². The fourth-order valence-electron chi connectivity index (χ4n) is 2.41. The van der Waals surface area contributed by atoms with Crippen LogP contribution in [0.25, 0.3) is 0 Å². The molecule has 0 radical (unpaired) electrons. The molecule has 132 valence electrons. The maximum Gasteiger partial charge on any atom is 0.257 e. The Labute approximate surface area is 161 Å². The first-order valence-corrected chi connectivity index (χ1v) is 8.73. The number of ether oxygens (including phenoxy) is 1. The van der Waals surface area contributed by atoms with Crippen molar-refractivity contribution in [1.29, 1.82) is 0 Å². The molecule has 6 heteroatoms. The summed E-state index contributed by atoms with van der Waals surface area (Å²) in [6, 6.07) is 17.9. The summed E-state index contributed by atoms with van der Waals surface area (Å²) in [5.74, 6) is 0.320. The van der Waals surface area contributed by atoms with Crippen molar-refractivity contribution in [3.05, 3.63) is 88.0 Å². The zero-order valence-corrected chi connectivity index (χ0v) is 15.5. The standard InChI is InChI=1S/C20H16Cl2N2O2/c1-13(14-6-3-2-4-7-14)24-19(25)18-11-16(22)12-23-20(18)26-17-9-5-8-15(21)10-17/h2-13H,1H3,(H,24,25)/t13-/m0/s1. The number of halogens is 2. The summed E-state index contributed by atoms with van der Waals surface area (Å²) in [7, 11) is 0. The minimum atomic E-state index is -0.326. The number of amides is 1. The number of hydrogen-bond acceptors (Lipinski definition) is 3. The van der Waals surface area contributed by atoms with Gasteiger partial charge in [0, 0.05) is 11.2 Å². The van der Waals surface area contributed by atoms with E-state index < -0.39 is 0 Å². The highest BCUT2D eigenvalue weighted by atomic mass is 35.5. The number of carbonyl (C=O) groups excluding carboxylic acids is 1. The van der Waals surface area contributed by atoms with Gasteiger partial charge in [0.05, 0.1) is 11.1 Å². The van der Waals surface area contributed by atoms with Gasteiger partial charge in [0.2, 0.25) is 5.88 Å². The van der Waals surface area contributed by atoms with E-state index >= 15 is 0 Å². The summed E-state index contributed by atoms with van der Waals surface area (Å²) in [4.78, 5) is 16.9. The summed E-state index contributed by atoms with van der Waals surface area (Å²) in [5, 5.41) is 3.81. The predicted octanol–water partition coefficient (Wildman–Crippen LogP) is 5.67. The largest absolute Gasteiger partial charge is 0.438 e. The van der Waals surface area contributed by atoms with E-state index in [0.717, 1.165) is 5.56 Å². The molecular weight excluding hydrogens is 371 g/mol. The Kier molecular flexibility index (Phi) is 5.76. The molecule has 1 amide bonds. The Balaban J connectivity index is 1.84. The molecule has 0 aliphatic carbocycles. The molecule has 0 aliphatic heterocycles. The molecule has 3 rings (SSSR count). The van der Waals surface area contributed by atoms with E-state index in [1.54, 1.807) is 24.3 Å². The lowest BCUT2D eigenvalue weighted by atomic mass is 10.1. The summed E-state index contributed by atoms with van der Waals surface area (Å²) >= 11 is 12.0. The molecule has 1 N–H and O–H groups in total. The molecule has 1 aromatic heterocycles. The molecule has 0 unspecified atom stereocenters. The molecular formula is C20H16Cl2N2O2. The minimum Gasteiger partial charge on any atom is -0.438 e. The lowest BCUT2D eigenvalue weighted by molar-refractivity contribution is 0.0937. The van der Waals surface area contributed by atoms with Gasteiger partial charge < -0.3 is 10.1 Å². The summed E-state index contributed by atoms with van der Waals surface area (Å²) in [5.41, 5.74) is 1.24. The van der Waals surface area contributed by atoms with Gasteiger partial charge in [-0.3, -0.25) is 4.79 Å². The zero-order valence-electron chi connectivity index (χ0n) is 13.9. The monoisotopic (exact) mass is 386 g/mol. The fourth-order valence-corrected chi connectivity index (χ4v) is 2.75. The van der Waals surface area contributed by atoms with E-state index in [9.17, 15) is 4.79 Å². The van der Waals surface area contributed by atoms with Crippen LogP contribution in [-0.4, -0.2) is 10.9 Å². The van der Waals surface area contributed by atoms with Gasteiger partial charge in [0.1, 0.15) is 11.3 Å². The maximum absolute atomic E-state index is 12.7. The molecule has 0 aliphatic rings. The number of carbonyl (C=O) groups is 1. The van der Waals surface area contributed by atoms with Crippen LogP contribution in [0.15, 0.2) is 66.9 Å². The van der Waals surface area contributed by atoms with Crippen molar-refractivity contribution in [3.63, 3.8) is 0 Å². The first-order chi connectivity index (χ1) is 12.5. The highest BCUT2D eigenvalue weighted by molar-refractivity contribution is 6.31. The van der Waals surface area contributed by atoms with Crippen molar-refractivity contribution in [2.75, 3.05) is 0 Å². The van der Waals surface area contributed by atoms with Crippen LogP contribution >= 0.6 is 23.2 Å². The molecule has 0 saturated heterocycles. The highest BCUT2D eigenvalue weighted by Crippen LogP contribution is 2.27. The molecule has 4 nitrogen and oxygen atoms in total. The molecule has 26 heavy (non-hydrogen) atoms. The normalized spacial score (nSPS) is 11.7. The van der Waals surface area contributed by atoms with E-state index in [2.05, 4.69) is 10.3 Å². The van der Waals surface area contributed by atoms with Crippen molar-refractivity contribution < 1.29 is 9.53 Å². The number of hydrogen-bond donors (Lipinski definition) is 1. The molecule has 1 atom stereocenters. The second-order valence-electron chi connectivity index (χ2n) is 5.67. The smallest absolute Gasteiger partial charge is 0.257 e. The van der Waals surface area contributed by atoms with Crippen LogP contribution in [0, 0.1) is 0 Å². The van der Waals surface area contributed by atoms with E-state index in [0.29, 0.717) is 15.8 Å². The van der Waals surface area contributed by atoms with Crippen molar-refractivity contribution in [2.45, 2.75) is 13.0 Å². The topological polar surface area (TPSA) is 51.2 Å². The third-order valence-electron chi connectivity index (χ3n) is 3.72. The van der Waals surface area contributed by atoms with Crippen LogP contribution in [0.3, 0.4) is 0 Å². The van der Waals surface area contributed by atoms with E-state index in [4.69, 9.17) is 27.9 Å². The number of nitrogens with zero attached hydrogens (tertiary/aromatic N) is 1. The Hall–Kier alpha value is -2.56. The Bertz CT molecular complexity index is 917. The van der Waals surface area contributed by atoms with Crippen molar-refractivity contribution in [3.8, 4) is 11.6 Å². The molecule has 0 bridgehead atoms. The SMILES string of the molecule is C[C@H](NC(=O)c1cc(Cl)cnc1Oc1cccc(Cl)c1)c1ccccc1. The molecule has 0 saturated carbocycles. The van der Waals surface area contributed by atoms with Gasteiger partial charge >= 0.3 is 0 Å². The van der Waals surface area contributed by atoms with Gasteiger partial charge in [-0.15, -0.1) is 0 Å². The van der Waals surface area contributed by atoms with Crippen molar-refractivity contribution >= 4 is 29.1 Å². The lowest BCUT2D eigenvalue weighted by Crippen LogP contribution is -2.27. The average Bonchev–Trinajstić information content (AvgIpc) is 2.64. The first kappa shape index (κ1) is 18.2. The van der Waals surface area contributed by atoms with Crippen LogP contribution in [-0.2, 0) is 0 Å². The van der Waals surface area contributed by atoms with E-state index in [1.165, 1.54) is 12.3 Å². The number of pyridine rings is 1. The molecule has 2 aromatic carbocycles. The van der Waals surface area contributed by atoms with E-state index in [-0.39, 0.29) is 23.4 Å². The lowest BCUT2D eigenvalue weighted by Gasteiger charge is -2.16. The summed E-state index contributed by atoms with van der Waals surface area (Å²) < 4.78 is 5.74. The van der Waals surface area contributed by atoms with Gasteiger partial charge in [0.15, 0.2) is 0 Å². The van der Waals surface area contributed by atoms with Crippen LogP contribution in [0.2, 0.25) is 10.0 Å². The highest BCUT2D eigenvalue weighted by Gasteiger charge is 2.18. The zero-order chi connectivity index (χ0) is 18.5. The van der Waals surface area contributed by atoms with Gasteiger partial charge in [-0.25, -0.2) is 4.98 Å². The minimum absolute atomic E-state index is 0.162. The van der Waals surface area contributed by atoms with Crippen LogP contribution in [0.4, 0.5) is 0 Å².